The first-order valence-corrected chi connectivity index (χ1v) is 4.43. The molecule has 4 atom stereocenters. The molecule has 1 heterocycles. The van der Waals surface area contributed by atoms with E-state index in [9.17, 15) is 10.2 Å². The van der Waals surface area contributed by atoms with Crippen molar-refractivity contribution in [2.24, 2.45) is 0 Å². The molecule has 0 aromatic carbocycles. The lowest BCUT2D eigenvalue weighted by atomic mass is 10.1. The molecule has 1 saturated heterocycles. The Morgan fingerprint density at radius 3 is 2.17 bits per heavy atom. The van der Waals surface area contributed by atoms with E-state index < -0.39 is 12.2 Å². The second-order valence-electron chi connectivity index (χ2n) is 3.33. The molecule has 4 nitrogen and oxygen atoms in total. The van der Waals surface area contributed by atoms with Gasteiger partial charge in [-0.1, -0.05) is 13.3 Å². The van der Waals surface area contributed by atoms with Crippen LogP contribution in [0.2, 0.25) is 0 Å². The molecule has 1 rings (SSSR count). The van der Waals surface area contributed by atoms with Crippen LogP contribution in [-0.4, -0.2) is 46.2 Å². The minimum atomic E-state index is -0.827. The second-order valence-corrected chi connectivity index (χ2v) is 3.33. The number of hydrogen-bond donors (Lipinski definition) is 4. The molecule has 0 spiro atoms. The van der Waals surface area contributed by atoms with Gasteiger partial charge in [0.15, 0.2) is 0 Å². The average molecular weight is 175 g/mol. The lowest BCUT2D eigenvalue weighted by Gasteiger charge is -2.14. The normalized spacial score (nSPS) is 42.0. The summed E-state index contributed by atoms with van der Waals surface area (Å²) in [5.41, 5.74) is 0. The Bertz CT molecular complexity index is 142. The van der Waals surface area contributed by atoms with Crippen molar-refractivity contribution in [2.45, 2.75) is 44.1 Å². The molecule has 0 amide bonds. The van der Waals surface area contributed by atoms with Crippen molar-refractivity contribution in [3.63, 3.8) is 0 Å². The van der Waals surface area contributed by atoms with E-state index in [0.29, 0.717) is 0 Å². The van der Waals surface area contributed by atoms with Gasteiger partial charge >= 0.3 is 0 Å². The van der Waals surface area contributed by atoms with Crippen LogP contribution in [0.4, 0.5) is 0 Å². The first-order chi connectivity index (χ1) is 5.70. The van der Waals surface area contributed by atoms with Gasteiger partial charge in [-0.05, 0) is 6.42 Å². The lowest BCUT2D eigenvalue weighted by Crippen LogP contribution is -2.36. The lowest BCUT2D eigenvalue weighted by molar-refractivity contribution is 0.0188. The van der Waals surface area contributed by atoms with E-state index in [-0.39, 0.29) is 18.7 Å². The Kier molecular flexibility index (Phi) is 3.46. The van der Waals surface area contributed by atoms with Crippen molar-refractivity contribution in [2.75, 3.05) is 6.61 Å². The molecule has 1 aliphatic heterocycles. The van der Waals surface area contributed by atoms with E-state index in [1.54, 1.807) is 0 Å². The van der Waals surface area contributed by atoms with Crippen molar-refractivity contribution >= 4 is 0 Å². The predicted molar refractivity (Wildman–Crippen MR) is 44.7 cm³/mol. The van der Waals surface area contributed by atoms with Gasteiger partial charge < -0.3 is 20.6 Å². The molecule has 0 unspecified atom stereocenters. The summed E-state index contributed by atoms with van der Waals surface area (Å²) in [6, 6.07) is -0.432. The van der Waals surface area contributed by atoms with Gasteiger partial charge in [-0.25, -0.2) is 0 Å². The SMILES string of the molecule is CCC[C@H]1N[C@@H](CO)[C@H](O)[C@H]1O. The average Bonchev–Trinajstić information content (AvgIpc) is 2.33. The third-order valence-electron chi connectivity index (χ3n) is 2.40. The number of rotatable bonds is 3. The Morgan fingerprint density at radius 2 is 1.75 bits per heavy atom. The van der Waals surface area contributed by atoms with Crippen molar-refractivity contribution in [1.82, 2.24) is 5.32 Å². The summed E-state index contributed by atoms with van der Waals surface area (Å²) in [4.78, 5) is 0. The molecule has 0 radical (unpaired) electrons. The third kappa shape index (κ3) is 1.77. The molecule has 1 aliphatic rings. The maximum absolute atomic E-state index is 9.47. The number of aliphatic hydroxyl groups excluding tert-OH is 3. The standard InChI is InChI=1S/C8H17NO3/c1-2-3-5-7(11)8(12)6(4-10)9-5/h5-12H,2-4H2,1H3/t5-,6+,7+,8+/m1/s1. The van der Waals surface area contributed by atoms with Gasteiger partial charge in [0.25, 0.3) is 0 Å². The molecule has 0 bridgehead atoms. The minimum Gasteiger partial charge on any atom is -0.395 e. The summed E-state index contributed by atoms with van der Waals surface area (Å²) in [6.45, 7) is 1.89. The molecular weight excluding hydrogens is 158 g/mol. The van der Waals surface area contributed by atoms with E-state index in [4.69, 9.17) is 5.11 Å². The highest BCUT2D eigenvalue weighted by Crippen LogP contribution is 2.17. The highest BCUT2D eigenvalue weighted by Gasteiger charge is 2.39. The van der Waals surface area contributed by atoms with E-state index in [2.05, 4.69) is 5.32 Å². The quantitative estimate of drug-likeness (QED) is 0.436. The van der Waals surface area contributed by atoms with E-state index in [1.807, 2.05) is 6.92 Å². The molecule has 12 heavy (non-hydrogen) atoms. The minimum absolute atomic E-state index is 0.0675. The fraction of sp³-hybridized carbons (Fsp3) is 1.00. The summed E-state index contributed by atoms with van der Waals surface area (Å²) in [6.07, 6.45) is 0.225. The van der Waals surface area contributed by atoms with Crippen LogP contribution in [0.5, 0.6) is 0 Å². The van der Waals surface area contributed by atoms with Crippen molar-refractivity contribution in [3.05, 3.63) is 0 Å². The topological polar surface area (TPSA) is 72.7 Å². The monoisotopic (exact) mass is 175 g/mol. The molecule has 0 aromatic heterocycles. The largest absolute Gasteiger partial charge is 0.395 e. The fourth-order valence-electron chi connectivity index (χ4n) is 1.67. The summed E-state index contributed by atoms with van der Waals surface area (Å²) in [5, 5.41) is 30.6. The number of aliphatic hydroxyl groups is 3. The van der Waals surface area contributed by atoms with Crippen molar-refractivity contribution < 1.29 is 15.3 Å². The van der Waals surface area contributed by atoms with Gasteiger partial charge in [0.1, 0.15) is 0 Å². The maximum atomic E-state index is 9.47. The van der Waals surface area contributed by atoms with Crippen LogP contribution in [0.3, 0.4) is 0 Å². The summed E-state index contributed by atoms with van der Waals surface area (Å²) in [7, 11) is 0. The van der Waals surface area contributed by atoms with Crippen LogP contribution in [-0.2, 0) is 0 Å². The zero-order valence-corrected chi connectivity index (χ0v) is 7.27. The molecule has 4 N–H and O–H groups in total. The van der Waals surface area contributed by atoms with Crippen LogP contribution < -0.4 is 5.32 Å². The molecule has 4 heteroatoms. The zero-order valence-electron chi connectivity index (χ0n) is 7.27. The first kappa shape index (κ1) is 9.92. The van der Waals surface area contributed by atoms with Crippen LogP contribution >= 0.6 is 0 Å². The van der Waals surface area contributed by atoms with Crippen LogP contribution in [0.25, 0.3) is 0 Å². The van der Waals surface area contributed by atoms with E-state index in [0.717, 1.165) is 12.8 Å². The second kappa shape index (κ2) is 4.18. The molecule has 0 saturated carbocycles. The van der Waals surface area contributed by atoms with Gasteiger partial charge in [0.2, 0.25) is 0 Å². The maximum Gasteiger partial charge on any atom is 0.0989 e. The van der Waals surface area contributed by atoms with Crippen LogP contribution in [0, 0.1) is 0 Å². The van der Waals surface area contributed by atoms with Gasteiger partial charge in [0.05, 0.1) is 24.9 Å². The van der Waals surface area contributed by atoms with Crippen molar-refractivity contribution in [1.29, 1.82) is 0 Å². The van der Waals surface area contributed by atoms with Gasteiger partial charge in [0, 0.05) is 6.04 Å². The predicted octanol–water partition coefficient (Wildman–Crippen LogP) is -1.16. The smallest absolute Gasteiger partial charge is 0.0989 e. The zero-order chi connectivity index (χ0) is 9.14. The molecule has 72 valence electrons. The van der Waals surface area contributed by atoms with E-state index >= 15 is 0 Å². The fourth-order valence-corrected chi connectivity index (χ4v) is 1.67. The first-order valence-electron chi connectivity index (χ1n) is 4.43. The van der Waals surface area contributed by atoms with Crippen molar-refractivity contribution in [3.8, 4) is 0 Å². The summed E-state index contributed by atoms with van der Waals surface area (Å²) < 4.78 is 0. The van der Waals surface area contributed by atoms with Gasteiger partial charge in [-0.2, -0.15) is 0 Å². The Hall–Kier alpha value is -0.160. The number of hydrogen-bond acceptors (Lipinski definition) is 4. The van der Waals surface area contributed by atoms with E-state index in [1.165, 1.54) is 0 Å². The van der Waals surface area contributed by atoms with Gasteiger partial charge in [-0.3, -0.25) is 0 Å². The third-order valence-corrected chi connectivity index (χ3v) is 2.40. The Morgan fingerprint density at radius 1 is 1.17 bits per heavy atom. The molecule has 1 fully saturated rings. The highest BCUT2D eigenvalue weighted by atomic mass is 16.3. The summed E-state index contributed by atoms with van der Waals surface area (Å²) in [5.74, 6) is 0. The highest BCUT2D eigenvalue weighted by molar-refractivity contribution is 4.97. The Labute approximate surface area is 72.2 Å². The molecule has 0 aromatic rings. The number of nitrogens with one attached hydrogen (secondary N) is 1. The molecular formula is C8H17NO3. The Balaban J connectivity index is 2.48. The van der Waals surface area contributed by atoms with Gasteiger partial charge in [-0.15, -0.1) is 0 Å². The van der Waals surface area contributed by atoms with Crippen LogP contribution in [0.15, 0.2) is 0 Å². The molecule has 0 aliphatic carbocycles. The summed E-state index contributed by atoms with van der Waals surface area (Å²) >= 11 is 0. The van der Waals surface area contributed by atoms with Crippen LogP contribution in [0.1, 0.15) is 19.8 Å².